The lowest BCUT2D eigenvalue weighted by Gasteiger charge is -2.17. The number of aryl methyl sites for hydroxylation is 1. The van der Waals surface area contributed by atoms with Gasteiger partial charge in [0.2, 0.25) is 0 Å². The van der Waals surface area contributed by atoms with Crippen LogP contribution in [0.5, 0.6) is 0 Å². The highest BCUT2D eigenvalue weighted by Gasteiger charge is 2.13. The van der Waals surface area contributed by atoms with Crippen molar-refractivity contribution in [2.24, 2.45) is 5.92 Å². The Kier molecular flexibility index (Phi) is 4.62. The SMILES string of the molecule is CCC(C)CC(O)c1ccc(Cl)cc1C. The van der Waals surface area contributed by atoms with E-state index >= 15 is 0 Å². The fourth-order valence-corrected chi connectivity index (χ4v) is 1.91. The first-order chi connectivity index (χ1) is 7.04. The molecule has 0 heterocycles. The van der Waals surface area contributed by atoms with Crippen molar-refractivity contribution < 1.29 is 5.11 Å². The average molecular weight is 227 g/mol. The molecule has 1 nitrogen and oxygen atoms in total. The standard InChI is InChI=1S/C13H19ClO/c1-4-9(2)7-13(15)12-6-5-11(14)8-10(12)3/h5-6,8-9,13,15H,4,7H2,1-3H3. The third-order valence-corrected chi connectivity index (χ3v) is 3.15. The minimum Gasteiger partial charge on any atom is -0.388 e. The van der Waals surface area contributed by atoms with Gasteiger partial charge in [0.15, 0.2) is 0 Å². The van der Waals surface area contributed by atoms with Crippen molar-refractivity contribution in [2.75, 3.05) is 0 Å². The van der Waals surface area contributed by atoms with Crippen molar-refractivity contribution >= 4 is 11.6 Å². The van der Waals surface area contributed by atoms with E-state index in [1.807, 2.05) is 25.1 Å². The van der Waals surface area contributed by atoms with Gasteiger partial charge in [-0.1, -0.05) is 37.9 Å². The van der Waals surface area contributed by atoms with Crippen molar-refractivity contribution in [3.8, 4) is 0 Å². The molecule has 2 heteroatoms. The van der Waals surface area contributed by atoms with E-state index in [1.165, 1.54) is 0 Å². The van der Waals surface area contributed by atoms with Gasteiger partial charge in [0.25, 0.3) is 0 Å². The summed E-state index contributed by atoms with van der Waals surface area (Å²) in [5.41, 5.74) is 2.07. The van der Waals surface area contributed by atoms with Gasteiger partial charge in [0, 0.05) is 5.02 Å². The van der Waals surface area contributed by atoms with Crippen molar-refractivity contribution in [3.05, 3.63) is 34.3 Å². The molecular formula is C13H19ClO. The number of halogens is 1. The monoisotopic (exact) mass is 226 g/mol. The first-order valence-corrected chi connectivity index (χ1v) is 5.86. The summed E-state index contributed by atoms with van der Waals surface area (Å²) in [4.78, 5) is 0. The van der Waals surface area contributed by atoms with E-state index in [2.05, 4.69) is 13.8 Å². The Morgan fingerprint density at radius 2 is 2.07 bits per heavy atom. The number of benzene rings is 1. The Hall–Kier alpha value is -0.530. The minimum atomic E-state index is -0.364. The van der Waals surface area contributed by atoms with Crippen LogP contribution in [0.4, 0.5) is 0 Å². The van der Waals surface area contributed by atoms with Crippen LogP contribution >= 0.6 is 11.6 Å². The molecule has 0 saturated heterocycles. The predicted octanol–water partition coefficient (Wildman–Crippen LogP) is 4.12. The average Bonchev–Trinajstić information content (AvgIpc) is 2.17. The molecule has 0 radical (unpaired) electrons. The van der Waals surface area contributed by atoms with Gasteiger partial charge in [0.1, 0.15) is 0 Å². The van der Waals surface area contributed by atoms with E-state index in [-0.39, 0.29) is 6.10 Å². The maximum absolute atomic E-state index is 10.1. The molecule has 84 valence electrons. The van der Waals surface area contributed by atoms with Crippen LogP contribution in [0.1, 0.15) is 43.9 Å². The Balaban J connectivity index is 2.77. The smallest absolute Gasteiger partial charge is 0.0795 e. The van der Waals surface area contributed by atoms with E-state index in [1.54, 1.807) is 0 Å². The molecule has 0 saturated carbocycles. The van der Waals surface area contributed by atoms with Crippen LogP contribution in [-0.4, -0.2) is 5.11 Å². The fraction of sp³-hybridized carbons (Fsp3) is 0.538. The van der Waals surface area contributed by atoms with Gasteiger partial charge in [-0.15, -0.1) is 0 Å². The van der Waals surface area contributed by atoms with Crippen LogP contribution < -0.4 is 0 Å². The second-order valence-electron chi connectivity index (χ2n) is 4.27. The molecule has 0 aromatic heterocycles. The number of aliphatic hydroxyl groups excluding tert-OH is 1. The topological polar surface area (TPSA) is 20.2 Å². The molecule has 0 aliphatic carbocycles. The van der Waals surface area contributed by atoms with Crippen LogP contribution in [-0.2, 0) is 0 Å². The molecule has 15 heavy (non-hydrogen) atoms. The molecule has 1 aromatic rings. The molecule has 0 aliphatic heterocycles. The van der Waals surface area contributed by atoms with Gasteiger partial charge < -0.3 is 5.11 Å². The Morgan fingerprint density at radius 3 is 2.60 bits per heavy atom. The van der Waals surface area contributed by atoms with Gasteiger partial charge in [-0.05, 0) is 42.5 Å². The summed E-state index contributed by atoms with van der Waals surface area (Å²) in [6.45, 7) is 6.29. The first kappa shape index (κ1) is 12.5. The van der Waals surface area contributed by atoms with E-state index < -0.39 is 0 Å². The number of aliphatic hydroxyl groups is 1. The molecule has 2 unspecified atom stereocenters. The predicted molar refractivity (Wildman–Crippen MR) is 65.2 cm³/mol. The van der Waals surface area contributed by atoms with Crippen molar-refractivity contribution in [3.63, 3.8) is 0 Å². The van der Waals surface area contributed by atoms with Gasteiger partial charge in [-0.2, -0.15) is 0 Å². The van der Waals surface area contributed by atoms with Gasteiger partial charge in [-0.3, -0.25) is 0 Å². The Morgan fingerprint density at radius 1 is 1.40 bits per heavy atom. The molecular weight excluding hydrogens is 208 g/mol. The first-order valence-electron chi connectivity index (χ1n) is 5.48. The molecule has 1 N–H and O–H groups in total. The zero-order valence-electron chi connectivity index (χ0n) is 9.63. The molecule has 1 aromatic carbocycles. The lowest BCUT2D eigenvalue weighted by Crippen LogP contribution is -2.05. The summed E-state index contributed by atoms with van der Waals surface area (Å²) in [6.07, 6.45) is 1.56. The van der Waals surface area contributed by atoms with Crippen molar-refractivity contribution in [1.82, 2.24) is 0 Å². The lowest BCUT2D eigenvalue weighted by molar-refractivity contribution is 0.146. The highest BCUT2D eigenvalue weighted by atomic mass is 35.5. The molecule has 0 spiro atoms. The maximum Gasteiger partial charge on any atom is 0.0795 e. The maximum atomic E-state index is 10.1. The third-order valence-electron chi connectivity index (χ3n) is 2.91. The van der Waals surface area contributed by atoms with Crippen LogP contribution in [0.25, 0.3) is 0 Å². The van der Waals surface area contributed by atoms with E-state index in [9.17, 15) is 5.11 Å². The summed E-state index contributed by atoms with van der Waals surface area (Å²) < 4.78 is 0. The van der Waals surface area contributed by atoms with Gasteiger partial charge in [0.05, 0.1) is 6.10 Å². The largest absolute Gasteiger partial charge is 0.388 e. The zero-order chi connectivity index (χ0) is 11.4. The van der Waals surface area contributed by atoms with Crippen molar-refractivity contribution in [2.45, 2.75) is 39.7 Å². The Bertz CT molecular complexity index is 322. The molecule has 2 atom stereocenters. The van der Waals surface area contributed by atoms with Gasteiger partial charge in [-0.25, -0.2) is 0 Å². The normalized spacial score (nSPS) is 15.0. The van der Waals surface area contributed by atoms with Crippen molar-refractivity contribution in [1.29, 1.82) is 0 Å². The number of hydrogen-bond donors (Lipinski definition) is 1. The fourth-order valence-electron chi connectivity index (χ4n) is 1.69. The summed E-state index contributed by atoms with van der Waals surface area (Å²) >= 11 is 5.87. The number of hydrogen-bond acceptors (Lipinski definition) is 1. The highest BCUT2D eigenvalue weighted by Crippen LogP contribution is 2.26. The van der Waals surface area contributed by atoms with Gasteiger partial charge >= 0.3 is 0 Å². The Labute approximate surface area is 97.1 Å². The van der Waals surface area contributed by atoms with E-state index in [4.69, 9.17) is 11.6 Å². The summed E-state index contributed by atoms with van der Waals surface area (Å²) in [6, 6.07) is 5.66. The zero-order valence-corrected chi connectivity index (χ0v) is 10.4. The summed E-state index contributed by atoms with van der Waals surface area (Å²) in [5, 5.41) is 10.8. The molecule has 1 rings (SSSR count). The second kappa shape index (κ2) is 5.53. The lowest BCUT2D eigenvalue weighted by atomic mass is 9.94. The highest BCUT2D eigenvalue weighted by molar-refractivity contribution is 6.30. The van der Waals surface area contributed by atoms with Crippen LogP contribution in [0.15, 0.2) is 18.2 Å². The van der Waals surface area contributed by atoms with Crippen LogP contribution in [0.3, 0.4) is 0 Å². The molecule has 0 fully saturated rings. The minimum absolute atomic E-state index is 0.364. The summed E-state index contributed by atoms with van der Waals surface area (Å²) in [7, 11) is 0. The van der Waals surface area contributed by atoms with E-state index in [0.29, 0.717) is 5.92 Å². The molecule has 0 amide bonds. The third kappa shape index (κ3) is 3.51. The molecule has 0 aliphatic rings. The summed E-state index contributed by atoms with van der Waals surface area (Å²) in [5.74, 6) is 0.551. The van der Waals surface area contributed by atoms with Crippen LogP contribution in [0, 0.1) is 12.8 Å². The molecule has 0 bridgehead atoms. The van der Waals surface area contributed by atoms with Crippen LogP contribution in [0.2, 0.25) is 5.02 Å². The second-order valence-corrected chi connectivity index (χ2v) is 4.70. The number of rotatable bonds is 4. The quantitative estimate of drug-likeness (QED) is 0.819. The van der Waals surface area contributed by atoms with E-state index in [0.717, 1.165) is 29.0 Å².